The van der Waals surface area contributed by atoms with Gasteiger partial charge in [0.25, 0.3) is 0 Å². The number of unbranched alkanes of at least 4 members (excludes halogenated alkanes) is 9. The zero-order valence-electron chi connectivity index (χ0n) is 17.6. The van der Waals surface area contributed by atoms with Gasteiger partial charge in [0.05, 0.1) is 23.1 Å². The number of aryl methyl sites for hydroxylation is 2. The van der Waals surface area contributed by atoms with Gasteiger partial charge < -0.3 is 9.09 Å². The summed E-state index contributed by atoms with van der Waals surface area (Å²) in [5, 5.41) is 4.15. The van der Waals surface area contributed by atoms with Crippen molar-refractivity contribution < 1.29 is 4.52 Å². The van der Waals surface area contributed by atoms with Crippen LogP contribution in [-0.2, 0) is 13.0 Å². The fourth-order valence-corrected chi connectivity index (χ4v) is 3.93. The van der Waals surface area contributed by atoms with E-state index in [1.165, 1.54) is 69.7 Å². The molecule has 1 aromatic carbocycles. The molecular weight excluding hydrogens is 346 g/mol. The normalized spacial score (nSPS) is 11.5. The van der Waals surface area contributed by atoms with Crippen molar-refractivity contribution in [3.63, 3.8) is 0 Å². The van der Waals surface area contributed by atoms with Gasteiger partial charge in [-0.1, -0.05) is 82.0 Å². The maximum atomic E-state index is 5.23. The van der Waals surface area contributed by atoms with E-state index in [9.17, 15) is 0 Å². The summed E-state index contributed by atoms with van der Waals surface area (Å²) in [6.07, 6.45) is 14.3. The highest BCUT2D eigenvalue weighted by molar-refractivity contribution is 5.76. The van der Waals surface area contributed by atoms with Crippen LogP contribution in [0.25, 0.3) is 11.0 Å². The molecule has 3 aromatic rings. The molecule has 0 radical (unpaired) electrons. The molecule has 0 saturated heterocycles. The summed E-state index contributed by atoms with van der Waals surface area (Å²) in [7, 11) is 0. The lowest BCUT2D eigenvalue weighted by Gasteiger charge is -2.09. The van der Waals surface area contributed by atoms with Crippen LogP contribution < -0.4 is 0 Å². The van der Waals surface area contributed by atoms with Gasteiger partial charge in [-0.05, 0) is 25.5 Å². The standard InChI is InChI=1S/C24H35N3O/c1-3-4-5-6-7-8-9-10-11-14-17-27-23-16-13-12-15-22(23)25-24(27)19-21-18-20(2)28-26-21/h12-13,15-16,18H,3-11,14,17,19H2,1-2H3. The molecule has 0 fully saturated rings. The fourth-order valence-electron chi connectivity index (χ4n) is 3.93. The summed E-state index contributed by atoms with van der Waals surface area (Å²) in [5.74, 6) is 1.94. The minimum Gasteiger partial charge on any atom is -0.361 e. The fraction of sp³-hybridized carbons (Fsp3) is 0.583. The molecule has 0 saturated carbocycles. The summed E-state index contributed by atoms with van der Waals surface area (Å²) in [4.78, 5) is 4.86. The zero-order chi connectivity index (χ0) is 19.6. The van der Waals surface area contributed by atoms with Gasteiger partial charge in [0, 0.05) is 12.6 Å². The van der Waals surface area contributed by atoms with Gasteiger partial charge in [-0.25, -0.2) is 4.98 Å². The maximum absolute atomic E-state index is 5.23. The van der Waals surface area contributed by atoms with E-state index in [0.29, 0.717) is 0 Å². The van der Waals surface area contributed by atoms with Crippen LogP contribution >= 0.6 is 0 Å². The van der Waals surface area contributed by atoms with Crippen molar-refractivity contribution in [1.82, 2.24) is 14.7 Å². The van der Waals surface area contributed by atoms with Crippen molar-refractivity contribution in [2.24, 2.45) is 0 Å². The Morgan fingerprint density at radius 1 is 0.893 bits per heavy atom. The van der Waals surface area contributed by atoms with E-state index in [1.807, 2.05) is 13.0 Å². The third-order valence-electron chi connectivity index (χ3n) is 5.48. The van der Waals surface area contributed by atoms with Crippen molar-refractivity contribution in [3.8, 4) is 0 Å². The van der Waals surface area contributed by atoms with Crippen LogP contribution in [0.1, 0.15) is 88.4 Å². The Kier molecular flexibility index (Phi) is 8.13. The number of para-hydroxylation sites is 2. The first-order chi connectivity index (χ1) is 13.8. The molecule has 152 valence electrons. The van der Waals surface area contributed by atoms with E-state index in [1.54, 1.807) is 0 Å². The Morgan fingerprint density at radius 3 is 2.25 bits per heavy atom. The van der Waals surface area contributed by atoms with Crippen molar-refractivity contribution in [1.29, 1.82) is 0 Å². The number of imidazole rings is 1. The monoisotopic (exact) mass is 381 g/mol. The highest BCUT2D eigenvalue weighted by atomic mass is 16.5. The predicted octanol–water partition coefficient (Wildman–Crippen LogP) is 6.84. The average Bonchev–Trinajstić information content (AvgIpc) is 3.26. The van der Waals surface area contributed by atoms with Crippen LogP contribution in [0.15, 0.2) is 34.9 Å². The topological polar surface area (TPSA) is 43.9 Å². The van der Waals surface area contributed by atoms with Crippen molar-refractivity contribution >= 4 is 11.0 Å². The third-order valence-corrected chi connectivity index (χ3v) is 5.48. The van der Waals surface area contributed by atoms with E-state index in [0.717, 1.165) is 35.8 Å². The van der Waals surface area contributed by atoms with Gasteiger partial charge >= 0.3 is 0 Å². The Hall–Kier alpha value is -2.10. The Labute approximate surface area is 169 Å². The highest BCUT2D eigenvalue weighted by Crippen LogP contribution is 2.20. The Morgan fingerprint density at radius 2 is 1.57 bits per heavy atom. The second-order valence-corrected chi connectivity index (χ2v) is 7.96. The second kappa shape index (κ2) is 11.0. The Balaban J connectivity index is 1.49. The first kappa shape index (κ1) is 20.6. The maximum Gasteiger partial charge on any atom is 0.133 e. The Bertz CT molecular complexity index is 833. The van der Waals surface area contributed by atoms with E-state index in [-0.39, 0.29) is 0 Å². The molecule has 2 aromatic heterocycles. The molecule has 0 aliphatic rings. The molecule has 0 N–H and O–H groups in total. The van der Waals surface area contributed by atoms with E-state index < -0.39 is 0 Å². The van der Waals surface area contributed by atoms with Crippen LogP contribution in [0, 0.1) is 6.92 Å². The lowest BCUT2D eigenvalue weighted by Crippen LogP contribution is -2.05. The van der Waals surface area contributed by atoms with Crippen LogP contribution in [-0.4, -0.2) is 14.7 Å². The predicted molar refractivity (Wildman–Crippen MR) is 116 cm³/mol. The van der Waals surface area contributed by atoms with E-state index >= 15 is 0 Å². The number of rotatable bonds is 13. The lowest BCUT2D eigenvalue weighted by atomic mass is 10.1. The van der Waals surface area contributed by atoms with Gasteiger partial charge in [-0.15, -0.1) is 0 Å². The molecule has 4 heteroatoms. The summed E-state index contributed by atoms with van der Waals surface area (Å²) in [5.41, 5.74) is 3.26. The second-order valence-electron chi connectivity index (χ2n) is 7.96. The molecule has 28 heavy (non-hydrogen) atoms. The molecule has 0 bridgehead atoms. The summed E-state index contributed by atoms with van der Waals surface area (Å²) in [6, 6.07) is 10.4. The first-order valence-corrected chi connectivity index (χ1v) is 11.1. The van der Waals surface area contributed by atoms with Crippen molar-refractivity contribution in [2.45, 2.75) is 91.0 Å². The molecule has 0 amide bonds. The van der Waals surface area contributed by atoms with Gasteiger partial charge in [0.1, 0.15) is 11.6 Å². The summed E-state index contributed by atoms with van der Waals surface area (Å²) < 4.78 is 7.61. The number of aromatic nitrogens is 3. The average molecular weight is 382 g/mol. The lowest BCUT2D eigenvalue weighted by molar-refractivity contribution is 0.391. The molecule has 4 nitrogen and oxygen atoms in total. The number of hydrogen-bond acceptors (Lipinski definition) is 3. The van der Waals surface area contributed by atoms with Crippen molar-refractivity contribution in [2.75, 3.05) is 0 Å². The molecule has 0 spiro atoms. The molecule has 0 unspecified atom stereocenters. The van der Waals surface area contributed by atoms with E-state index in [2.05, 4.69) is 40.9 Å². The minimum absolute atomic E-state index is 0.726. The zero-order valence-corrected chi connectivity index (χ0v) is 17.6. The molecule has 0 atom stereocenters. The quantitative estimate of drug-likeness (QED) is 0.304. The number of hydrogen-bond donors (Lipinski definition) is 0. The van der Waals surface area contributed by atoms with Crippen LogP contribution in [0.3, 0.4) is 0 Å². The smallest absolute Gasteiger partial charge is 0.133 e. The molecular formula is C24H35N3O. The van der Waals surface area contributed by atoms with Gasteiger partial charge in [0.2, 0.25) is 0 Å². The highest BCUT2D eigenvalue weighted by Gasteiger charge is 2.12. The van der Waals surface area contributed by atoms with Gasteiger partial charge in [-0.2, -0.15) is 0 Å². The molecule has 0 aliphatic carbocycles. The molecule has 3 rings (SSSR count). The minimum atomic E-state index is 0.726. The number of benzene rings is 1. The third kappa shape index (κ3) is 5.95. The first-order valence-electron chi connectivity index (χ1n) is 11.1. The largest absolute Gasteiger partial charge is 0.361 e. The van der Waals surface area contributed by atoms with E-state index in [4.69, 9.17) is 9.51 Å². The van der Waals surface area contributed by atoms with Crippen LogP contribution in [0.5, 0.6) is 0 Å². The summed E-state index contributed by atoms with van der Waals surface area (Å²) >= 11 is 0. The SMILES string of the molecule is CCCCCCCCCCCCn1c(Cc2cc(C)on2)nc2ccccc21. The van der Waals surface area contributed by atoms with Crippen LogP contribution in [0.4, 0.5) is 0 Å². The van der Waals surface area contributed by atoms with Gasteiger partial charge in [-0.3, -0.25) is 0 Å². The molecule has 0 aliphatic heterocycles. The van der Waals surface area contributed by atoms with Gasteiger partial charge in [0.15, 0.2) is 0 Å². The van der Waals surface area contributed by atoms with Crippen molar-refractivity contribution in [3.05, 3.63) is 47.6 Å². The summed E-state index contributed by atoms with van der Waals surface area (Å²) in [6.45, 7) is 5.24. The number of nitrogens with zero attached hydrogens (tertiary/aromatic N) is 3. The number of fused-ring (bicyclic) bond motifs is 1. The van der Waals surface area contributed by atoms with Crippen LogP contribution in [0.2, 0.25) is 0 Å². The molecule has 2 heterocycles.